The number of nitrogens with one attached hydrogen (secondary N) is 3. The number of nitrogens with zero attached hydrogens (tertiary/aromatic N) is 4. The van der Waals surface area contributed by atoms with E-state index in [4.69, 9.17) is 10.5 Å². The molecule has 0 radical (unpaired) electrons. The molecule has 14 nitrogen and oxygen atoms in total. The minimum absolute atomic E-state index is 0.139. The summed E-state index contributed by atoms with van der Waals surface area (Å²) >= 11 is 1.03. The number of hydrogen-bond donors (Lipinski definition) is 5. The molecule has 53 heavy (non-hydrogen) atoms. The van der Waals surface area contributed by atoms with Gasteiger partial charge in [-0.1, -0.05) is 54.2 Å². The van der Waals surface area contributed by atoms with Crippen LogP contribution in [0.3, 0.4) is 0 Å². The number of carbonyl (C=O) groups excluding carboxylic acids is 2. The number of amides is 2. The van der Waals surface area contributed by atoms with Gasteiger partial charge in [-0.05, 0) is 75.6 Å². The molecule has 0 aromatic heterocycles. The lowest BCUT2D eigenvalue weighted by molar-refractivity contribution is -0.274. The average Bonchev–Trinajstić information content (AvgIpc) is 3.06. The Bertz CT molecular complexity index is 1840. The van der Waals surface area contributed by atoms with Crippen LogP contribution >= 0.6 is 11.8 Å². The highest BCUT2D eigenvalue weighted by Crippen LogP contribution is 2.26. The predicted octanol–water partition coefficient (Wildman–Crippen LogP) is 5.71. The minimum Gasteiger partial charge on any atom is -0.480 e. The van der Waals surface area contributed by atoms with Gasteiger partial charge in [0, 0.05) is 12.1 Å². The Balaban J connectivity index is 1.63. The van der Waals surface area contributed by atoms with Crippen molar-refractivity contribution in [2.24, 2.45) is 25.8 Å². The number of hydrazone groups is 1. The molecule has 0 heterocycles. The number of carboxylic acid groups (broad SMARTS) is 1. The highest BCUT2D eigenvalue weighted by atomic mass is 32.2. The Morgan fingerprint density at radius 1 is 0.981 bits per heavy atom. The van der Waals surface area contributed by atoms with Crippen molar-refractivity contribution in [2.45, 2.75) is 52.6 Å². The summed E-state index contributed by atoms with van der Waals surface area (Å²) in [6.07, 6.45) is -3.02. The summed E-state index contributed by atoms with van der Waals surface area (Å²) in [5, 5.41) is 18.8. The number of benzene rings is 3. The van der Waals surface area contributed by atoms with Crippen molar-refractivity contribution in [1.29, 1.82) is 0 Å². The van der Waals surface area contributed by atoms with Crippen molar-refractivity contribution in [3.63, 3.8) is 0 Å². The van der Waals surface area contributed by atoms with Gasteiger partial charge in [-0.3, -0.25) is 10.2 Å². The lowest BCUT2D eigenvalue weighted by Crippen LogP contribution is -2.50. The van der Waals surface area contributed by atoms with Crippen molar-refractivity contribution >= 4 is 64.7 Å². The molecule has 1 unspecified atom stereocenters. The summed E-state index contributed by atoms with van der Waals surface area (Å²) in [6, 6.07) is 16.1. The molecule has 18 heteroatoms. The SMILES string of the molecule is Cc1cccc(C)c1N=C(N/N=C\c1ccc(C(N)=NC=Nc2ccc(OC(F)(F)F)cc2)cc1)SCC(=O)NCC(NC(=O)OC(C)(C)C)C(=O)O. The Kier molecular flexibility index (Phi) is 14.9. The van der Waals surface area contributed by atoms with E-state index in [-0.39, 0.29) is 29.1 Å². The Morgan fingerprint density at radius 2 is 1.62 bits per heavy atom. The number of alkyl carbamates (subject to hydrolysis) is 1. The smallest absolute Gasteiger partial charge is 0.480 e. The van der Waals surface area contributed by atoms with E-state index < -0.39 is 36.0 Å². The van der Waals surface area contributed by atoms with Gasteiger partial charge in [-0.15, -0.1) is 13.2 Å². The van der Waals surface area contributed by atoms with Crippen LogP contribution in [0, 0.1) is 13.8 Å². The molecule has 0 saturated heterocycles. The van der Waals surface area contributed by atoms with Crippen molar-refractivity contribution in [1.82, 2.24) is 16.1 Å². The zero-order valence-corrected chi connectivity index (χ0v) is 30.2. The Labute approximate surface area is 307 Å². The van der Waals surface area contributed by atoms with Crippen LogP contribution in [0.15, 0.2) is 86.8 Å². The number of aliphatic imine (C=N–C) groups is 3. The lowest BCUT2D eigenvalue weighted by Gasteiger charge is -2.22. The van der Waals surface area contributed by atoms with Gasteiger partial charge >= 0.3 is 18.4 Å². The van der Waals surface area contributed by atoms with Gasteiger partial charge < -0.3 is 30.9 Å². The van der Waals surface area contributed by atoms with Crippen LogP contribution in [0.5, 0.6) is 5.75 Å². The molecule has 0 aliphatic rings. The second kappa shape index (κ2) is 19.1. The van der Waals surface area contributed by atoms with E-state index in [2.05, 4.69) is 40.9 Å². The van der Waals surface area contributed by atoms with Crippen molar-refractivity contribution in [2.75, 3.05) is 12.3 Å². The number of ether oxygens (including phenoxy) is 2. The maximum absolute atomic E-state index is 12.7. The third kappa shape index (κ3) is 15.5. The van der Waals surface area contributed by atoms with Crippen LogP contribution in [0.2, 0.25) is 0 Å². The molecule has 3 rings (SSSR count). The highest BCUT2D eigenvalue weighted by Gasteiger charge is 2.31. The van der Waals surface area contributed by atoms with E-state index in [1.807, 2.05) is 32.0 Å². The second-order valence-electron chi connectivity index (χ2n) is 12.1. The first-order chi connectivity index (χ1) is 24.9. The minimum atomic E-state index is -4.79. The number of hydrogen-bond acceptors (Lipinski definition) is 9. The van der Waals surface area contributed by atoms with E-state index in [9.17, 15) is 32.7 Å². The number of aliphatic carboxylic acids is 1. The van der Waals surface area contributed by atoms with Crippen LogP contribution < -0.4 is 26.5 Å². The number of para-hydroxylation sites is 1. The third-order valence-corrected chi connectivity index (χ3v) is 7.40. The number of thioether (sulfide) groups is 1. The number of carboxylic acids is 1. The summed E-state index contributed by atoms with van der Waals surface area (Å²) in [5.41, 5.74) is 12.1. The maximum atomic E-state index is 12.7. The van der Waals surface area contributed by atoms with Crippen LogP contribution in [0.25, 0.3) is 0 Å². The molecular formula is C35H39F3N8O6S. The van der Waals surface area contributed by atoms with Gasteiger partial charge in [0.15, 0.2) is 5.17 Å². The van der Waals surface area contributed by atoms with E-state index in [1.54, 1.807) is 45.0 Å². The Hall–Kier alpha value is -5.91. The number of aryl methyl sites for hydroxylation is 2. The fourth-order valence-corrected chi connectivity index (χ4v) is 4.73. The normalized spacial score (nSPS) is 13.1. The fourth-order valence-electron chi connectivity index (χ4n) is 4.09. The van der Waals surface area contributed by atoms with Crippen LogP contribution in [-0.4, -0.2) is 76.9 Å². The van der Waals surface area contributed by atoms with Crippen molar-refractivity contribution in [3.05, 3.63) is 89.0 Å². The van der Waals surface area contributed by atoms with Gasteiger partial charge in [-0.2, -0.15) is 5.10 Å². The number of rotatable bonds is 13. The van der Waals surface area contributed by atoms with Gasteiger partial charge in [-0.25, -0.2) is 24.6 Å². The van der Waals surface area contributed by atoms with Gasteiger partial charge in [0.1, 0.15) is 29.6 Å². The summed E-state index contributed by atoms with van der Waals surface area (Å²) in [5.74, 6) is -2.25. The molecule has 0 aliphatic heterocycles. The topological polar surface area (TPSA) is 201 Å². The largest absolute Gasteiger partial charge is 0.573 e. The molecular weight excluding hydrogens is 717 g/mol. The number of nitrogens with two attached hydrogens (primary N) is 1. The summed E-state index contributed by atoms with van der Waals surface area (Å²) in [6.45, 7) is 8.32. The third-order valence-electron chi connectivity index (χ3n) is 6.54. The van der Waals surface area contributed by atoms with Gasteiger partial charge in [0.2, 0.25) is 5.91 Å². The maximum Gasteiger partial charge on any atom is 0.573 e. The van der Waals surface area contributed by atoms with Crippen LogP contribution in [0.1, 0.15) is 43.0 Å². The first-order valence-corrected chi connectivity index (χ1v) is 16.7. The first-order valence-electron chi connectivity index (χ1n) is 15.8. The quantitative estimate of drug-likeness (QED) is 0.0824. The highest BCUT2D eigenvalue weighted by molar-refractivity contribution is 8.14. The first kappa shape index (κ1) is 41.5. The van der Waals surface area contributed by atoms with Crippen molar-refractivity contribution in [3.8, 4) is 5.75 Å². The van der Waals surface area contributed by atoms with E-state index in [0.717, 1.165) is 35.0 Å². The van der Waals surface area contributed by atoms with E-state index >= 15 is 0 Å². The number of halogens is 3. The monoisotopic (exact) mass is 756 g/mol. The van der Waals surface area contributed by atoms with Crippen molar-refractivity contribution < 1.29 is 42.1 Å². The van der Waals surface area contributed by atoms with Gasteiger partial charge in [0.25, 0.3) is 0 Å². The molecule has 0 saturated carbocycles. The second-order valence-corrected chi connectivity index (χ2v) is 13.0. The van der Waals surface area contributed by atoms with Crippen LogP contribution in [-0.2, 0) is 14.3 Å². The number of amidine groups is 2. The zero-order chi connectivity index (χ0) is 39.2. The number of alkyl halides is 3. The average molecular weight is 757 g/mol. The molecule has 6 N–H and O–H groups in total. The predicted molar refractivity (Wildman–Crippen MR) is 198 cm³/mol. The summed E-state index contributed by atoms with van der Waals surface area (Å²) in [7, 11) is 0. The Morgan fingerprint density at radius 3 is 2.21 bits per heavy atom. The molecule has 3 aromatic carbocycles. The fraction of sp³-hybridized carbons (Fsp3) is 0.286. The molecule has 0 spiro atoms. The molecule has 282 valence electrons. The number of carbonyl (C=O) groups is 3. The van der Waals surface area contributed by atoms with Gasteiger partial charge in [0.05, 0.1) is 23.3 Å². The molecule has 0 fully saturated rings. The van der Waals surface area contributed by atoms with Crippen LogP contribution in [0.4, 0.5) is 29.3 Å². The molecule has 3 aromatic rings. The molecule has 1 atom stereocenters. The summed E-state index contributed by atoms with van der Waals surface area (Å²) in [4.78, 5) is 49.2. The molecule has 0 bridgehead atoms. The summed E-state index contributed by atoms with van der Waals surface area (Å²) < 4.78 is 45.9. The van der Waals surface area contributed by atoms with E-state index in [1.165, 1.54) is 24.7 Å². The molecule has 2 amide bonds. The standard InChI is InChI=1S/C35H39F3N8O6S/c1-21-7-6-8-22(2)29(21)45-32(53-19-28(47)40-18-27(31(48)49)44-33(50)52-34(3,4)5)46-43-17-23-9-11-24(12-10-23)30(39)42-20-41-25-13-15-26(16-14-25)51-35(36,37)38/h6-17,20,27H,18-19H2,1-5H3,(H,40,47)(H,44,50)(H,45,46)(H,48,49)(H2,39,41,42)/b43-17-. The molecule has 0 aliphatic carbocycles. The lowest BCUT2D eigenvalue weighted by atomic mass is 10.1. The zero-order valence-electron chi connectivity index (χ0n) is 29.4. The van der Waals surface area contributed by atoms with E-state index in [0.29, 0.717) is 22.5 Å².